The first-order valence-corrected chi connectivity index (χ1v) is 8.36. The molecule has 1 saturated carbocycles. The van der Waals surface area contributed by atoms with Crippen molar-refractivity contribution in [3.8, 4) is 0 Å². The highest BCUT2D eigenvalue weighted by atomic mass is 15.3. The van der Waals surface area contributed by atoms with Crippen LogP contribution in [0, 0.1) is 5.92 Å². The molecule has 0 amide bonds. The van der Waals surface area contributed by atoms with Crippen molar-refractivity contribution in [2.75, 3.05) is 37.6 Å². The van der Waals surface area contributed by atoms with E-state index in [0.29, 0.717) is 0 Å². The van der Waals surface area contributed by atoms with Crippen LogP contribution < -0.4 is 10.2 Å². The molecule has 0 spiro atoms. The van der Waals surface area contributed by atoms with E-state index in [1.165, 1.54) is 24.9 Å². The first-order chi connectivity index (χ1) is 10.2. The van der Waals surface area contributed by atoms with Crippen molar-refractivity contribution in [3.05, 3.63) is 23.9 Å². The summed E-state index contributed by atoms with van der Waals surface area (Å²) in [5, 5.41) is 3.54. The minimum atomic E-state index is 0.757. The average Bonchev–Trinajstić information content (AvgIpc) is 3.30. The fourth-order valence-corrected chi connectivity index (χ4v) is 2.93. The summed E-state index contributed by atoms with van der Waals surface area (Å²) in [4.78, 5) is 9.63. The number of aromatic nitrogens is 1. The van der Waals surface area contributed by atoms with Gasteiger partial charge in [0.1, 0.15) is 5.82 Å². The van der Waals surface area contributed by atoms with Crippen molar-refractivity contribution in [2.45, 2.75) is 39.3 Å². The number of pyridine rings is 1. The number of piperazine rings is 1. The van der Waals surface area contributed by atoms with Crippen LogP contribution in [0.2, 0.25) is 0 Å². The van der Waals surface area contributed by atoms with Crippen molar-refractivity contribution in [3.63, 3.8) is 0 Å². The van der Waals surface area contributed by atoms with E-state index in [1.807, 2.05) is 6.20 Å². The van der Waals surface area contributed by atoms with E-state index in [-0.39, 0.29) is 0 Å². The highest BCUT2D eigenvalue weighted by Crippen LogP contribution is 2.20. The molecule has 4 heteroatoms. The number of hydrogen-bond acceptors (Lipinski definition) is 4. The van der Waals surface area contributed by atoms with Gasteiger partial charge in [-0.2, -0.15) is 0 Å². The van der Waals surface area contributed by atoms with E-state index in [9.17, 15) is 0 Å². The molecular formula is C17H28N4. The Kier molecular flexibility index (Phi) is 4.76. The van der Waals surface area contributed by atoms with Crippen molar-refractivity contribution >= 4 is 5.82 Å². The standard InChI is InChI=1S/C17H28N4/c1-14(2)13-20-7-9-21(10-8-20)17-6-3-15(12-19-17)11-18-16-4-5-16/h3,6,12,14,16,18H,4-5,7-11,13H2,1-2H3. The molecule has 4 nitrogen and oxygen atoms in total. The highest BCUT2D eigenvalue weighted by Gasteiger charge is 2.20. The van der Waals surface area contributed by atoms with E-state index >= 15 is 0 Å². The first-order valence-electron chi connectivity index (χ1n) is 8.36. The summed E-state index contributed by atoms with van der Waals surface area (Å²) >= 11 is 0. The van der Waals surface area contributed by atoms with Crippen LogP contribution in [-0.4, -0.2) is 48.6 Å². The Hall–Kier alpha value is -1.13. The molecule has 0 atom stereocenters. The van der Waals surface area contributed by atoms with Gasteiger partial charge in [0, 0.05) is 51.5 Å². The van der Waals surface area contributed by atoms with E-state index in [1.54, 1.807) is 0 Å². The molecule has 0 bridgehead atoms. The lowest BCUT2D eigenvalue weighted by Gasteiger charge is -2.36. The quantitative estimate of drug-likeness (QED) is 0.869. The lowest BCUT2D eigenvalue weighted by molar-refractivity contribution is 0.231. The van der Waals surface area contributed by atoms with Gasteiger partial charge in [-0.15, -0.1) is 0 Å². The summed E-state index contributed by atoms with van der Waals surface area (Å²) in [5.41, 5.74) is 1.30. The second-order valence-corrected chi connectivity index (χ2v) is 6.86. The van der Waals surface area contributed by atoms with Crippen LogP contribution in [0.5, 0.6) is 0 Å². The third-order valence-electron chi connectivity index (χ3n) is 4.30. The molecule has 2 heterocycles. The van der Waals surface area contributed by atoms with E-state index in [4.69, 9.17) is 0 Å². The Morgan fingerprint density at radius 3 is 2.52 bits per heavy atom. The van der Waals surface area contributed by atoms with Crippen LogP contribution >= 0.6 is 0 Å². The van der Waals surface area contributed by atoms with Gasteiger partial charge in [-0.05, 0) is 30.4 Å². The molecule has 21 heavy (non-hydrogen) atoms. The molecule has 0 aromatic carbocycles. The minimum absolute atomic E-state index is 0.757. The zero-order valence-corrected chi connectivity index (χ0v) is 13.4. The molecular weight excluding hydrogens is 260 g/mol. The Morgan fingerprint density at radius 1 is 1.19 bits per heavy atom. The predicted octanol–water partition coefficient (Wildman–Crippen LogP) is 2.11. The molecule has 1 N–H and O–H groups in total. The van der Waals surface area contributed by atoms with Gasteiger partial charge in [0.15, 0.2) is 0 Å². The molecule has 1 aliphatic heterocycles. The summed E-state index contributed by atoms with van der Waals surface area (Å²) in [6.07, 6.45) is 4.71. The van der Waals surface area contributed by atoms with Crippen LogP contribution in [0.15, 0.2) is 18.3 Å². The maximum Gasteiger partial charge on any atom is 0.128 e. The summed E-state index contributed by atoms with van der Waals surface area (Å²) in [7, 11) is 0. The van der Waals surface area contributed by atoms with E-state index in [2.05, 4.69) is 46.1 Å². The summed E-state index contributed by atoms with van der Waals surface area (Å²) in [5.74, 6) is 1.89. The number of rotatable bonds is 6. The minimum Gasteiger partial charge on any atom is -0.354 e. The summed E-state index contributed by atoms with van der Waals surface area (Å²) in [6.45, 7) is 11.3. The molecule has 0 radical (unpaired) electrons. The maximum atomic E-state index is 4.65. The monoisotopic (exact) mass is 288 g/mol. The lowest BCUT2D eigenvalue weighted by atomic mass is 10.2. The third-order valence-corrected chi connectivity index (χ3v) is 4.30. The molecule has 116 valence electrons. The maximum absolute atomic E-state index is 4.65. The van der Waals surface area contributed by atoms with Crippen LogP contribution in [0.25, 0.3) is 0 Å². The van der Waals surface area contributed by atoms with Crippen LogP contribution in [0.3, 0.4) is 0 Å². The molecule has 2 aliphatic rings. The largest absolute Gasteiger partial charge is 0.354 e. The van der Waals surface area contributed by atoms with Gasteiger partial charge >= 0.3 is 0 Å². The number of nitrogens with one attached hydrogen (secondary N) is 1. The summed E-state index contributed by atoms with van der Waals surface area (Å²) < 4.78 is 0. The SMILES string of the molecule is CC(C)CN1CCN(c2ccc(CNC3CC3)cn2)CC1. The zero-order valence-electron chi connectivity index (χ0n) is 13.4. The van der Waals surface area contributed by atoms with Crippen molar-refractivity contribution in [2.24, 2.45) is 5.92 Å². The Balaban J connectivity index is 1.48. The van der Waals surface area contributed by atoms with Gasteiger partial charge in [-0.25, -0.2) is 4.98 Å². The Bertz CT molecular complexity index is 431. The molecule has 1 aliphatic carbocycles. The van der Waals surface area contributed by atoms with Gasteiger partial charge in [0.2, 0.25) is 0 Å². The van der Waals surface area contributed by atoms with Crippen molar-refractivity contribution in [1.82, 2.24) is 15.2 Å². The van der Waals surface area contributed by atoms with Crippen molar-refractivity contribution in [1.29, 1.82) is 0 Å². The van der Waals surface area contributed by atoms with Crippen LogP contribution in [-0.2, 0) is 6.54 Å². The van der Waals surface area contributed by atoms with Gasteiger partial charge in [-0.3, -0.25) is 4.90 Å². The molecule has 3 rings (SSSR count). The molecule has 0 unspecified atom stereocenters. The van der Waals surface area contributed by atoms with Gasteiger partial charge in [-0.1, -0.05) is 19.9 Å². The van der Waals surface area contributed by atoms with Gasteiger partial charge < -0.3 is 10.2 Å². The normalized spacial score (nSPS) is 20.2. The highest BCUT2D eigenvalue weighted by molar-refractivity contribution is 5.39. The topological polar surface area (TPSA) is 31.4 Å². The Labute approximate surface area is 128 Å². The molecule has 1 aromatic heterocycles. The third kappa shape index (κ3) is 4.42. The number of hydrogen-bond donors (Lipinski definition) is 1. The lowest BCUT2D eigenvalue weighted by Crippen LogP contribution is -2.47. The fraction of sp³-hybridized carbons (Fsp3) is 0.706. The second-order valence-electron chi connectivity index (χ2n) is 6.86. The van der Waals surface area contributed by atoms with Gasteiger partial charge in [0.25, 0.3) is 0 Å². The van der Waals surface area contributed by atoms with Crippen molar-refractivity contribution < 1.29 is 0 Å². The molecule has 1 saturated heterocycles. The summed E-state index contributed by atoms with van der Waals surface area (Å²) in [6, 6.07) is 5.17. The molecule has 2 fully saturated rings. The Morgan fingerprint density at radius 2 is 1.95 bits per heavy atom. The van der Waals surface area contributed by atoms with Crippen LogP contribution in [0.1, 0.15) is 32.3 Å². The number of nitrogens with zero attached hydrogens (tertiary/aromatic N) is 3. The fourth-order valence-electron chi connectivity index (χ4n) is 2.93. The number of anilines is 1. The zero-order chi connectivity index (χ0) is 14.7. The van der Waals surface area contributed by atoms with Gasteiger partial charge in [0.05, 0.1) is 0 Å². The predicted molar refractivity (Wildman–Crippen MR) is 87.6 cm³/mol. The average molecular weight is 288 g/mol. The smallest absolute Gasteiger partial charge is 0.128 e. The molecule has 1 aromatic rings. The second kappa shape index (κ2) is 6.75. The van der Waals surface area contributed by atoms with E-state index in [0.717, 1.165) is 50.5 Å². The first kappa shape index (κ1) is 14.8. The van der Waals surface area contributed by atoms with Crippen LogP contribution in [0.4, 0.5) is 5.82 Å². The van der Waals surface area contributed by atoms with E-state index < -0.39 is 0 Å².